The molecule has 1 saturated heterocycles. The van der Waals surface area contributed by atoms with Gasteiger partial charge in [0.1, 0.15) is 0 Å². The van der Waals surface area contributed by atoms with Crippen molar-refractivity contribution < 1.29 is 0 Å². The third-order valence-corrected chi connectivity index (χ3v) is 40.9. The summed E-state index contributed by atoms with van der Waals surface area (Å²) in [5, 5.41) is 12.4. The highest BCUT2D eigenvalue weighted by Gasteiger charge is 2.63. The van der Waals surface area contributed by atoms with Crippen LogP contribution in [-0.4, -0.2) is 42.0 Å². The van der Waals surface area contributed by atoms with Crippen molar-refractivity contribution in [3.05, 3.63) is 303 Å². The zero-order valence-corrected chi connectivity index (χ0v) is 43.9. The van der Waals surface area contributed by atoms with Crippen molar-refractivity contribution in [1.29, 1.82) is 0 Å². The molecule has 1 fully saturated rings. The molecule has 0 unspecified atom stereocenters. The summed E-state index contributed by atoms with van der Waals surface area (Å²) in [5.41, 5.74) is 0. The maximum absolute atomic E-state index is 4.97. The zero-order valence-electron chi connectivity index (χ0n) is 38.9. The van der Waals surface area contributed by atoms with Gasteiger partial charge in [0.25, 0.3) is 42.0 Å². The fourth-order valence-corrected chi connectivity index (χ4v) is 46.2. The first-order valence-corrected chi connectivity index (χ1v) is 34.1. The van der Waals surface area contributed by atoms with Crippen LogP contribution in [-0.2, 0) is 0 Å². The first-order chi connectivity index (χ1) is 34.6. The highest BCUT2D eigenvalue weighted by atomic mass is 28.5. The van der Waals surface area contributed by atoms with Gasteiger partial charge < -0.3 is 23.2 Å². The third-order valence-electron chi connectivity index (χ3n) is 13.9. The van der Waals surface area contributed by atoms with Crippen LogP contribution in [0.2, 0.25) is 0 Å². The molecule has 5 N–H and O–H groups in total. The van der Waals surface area contributed by atoms with Gasteiger partial charge >= 0.3 is 0 Å². The third kappa shape index (κ3) is 8.29. The summed E-state index contributed by atoms with van der Waals surface area (Å²) in [6.07, 6.45) is 0. The van der Waals surface area contributed by atoms with E-state index in [1.165, 1.54) is 51.9 Å². The summed E-state index contributed by atoms with van der Waals surface area (Å²) < 4.78 is 24.9. The van der Waals surface area contributed by atoms with Crippen LogP contribution in [0.3, 0.4) is 0 Å². The first-order valence-electron chi connectivity index (χ1n) is 24.1. The lowest BCUT2D eigenvalue weighted by Gasteiger charge is -2.56. The molecule has 0 saturated carbocycles. The van der Waals surface area contributed by atoms with E-state index in [0.29, 0.717) is 0 Å². The Morgan fingerprint density at radius 3 is 0.300 bits per heavy atom. The Morgan fingerprint density at radius 1 is 0.129 bits per heavy atom. The normalized spacial score (nSPS) is 16.9. The van der Waals surface area contributed by atoms with Gasteiger partial charge in [0, 0.05) is 0 Å². The van der Waals surface area contributed by atoms with Crippen molar-refractivity contribution >= 4 is 93.9 Å². The van der Waals surface area contributed by atoms with Crippen LogP contribution in [0.5, 0.6) is 0 Å². The van der Waals surface area contributed by atoms with Gasteiger partial charge in [-0.3, -0.25) is 0 Å². The van der Waals surface area contributed by atoms with Gasteiger partial charge in [0.05, 0.1) is 0 Å². The predicted octanol–water partition coefficient (Wildman–Crippen LogP) is 4.23. The molecule has 0 aromatic heterocycles. The average molecular weight is 987 g/mol. The molecule has 0 aliphatic carbocycles. The van der Waals surface area contributed by atoms with Gasteiger partial charge in [-0.15, -0.1) is 0 Å². The maximum Gasteiger partial charge on any atom is 0.257 e. The van der Waals surface area contributed by atoms with E-state index in [-0.39, 0.29) is 0 Å². The predicted molar refractivity (Wildman–Crippen MR) is 305 cm³/mol. The molecule has 1 heterocycles. The lowest BCUT2D eigenvalue weighted by molar-refractivity contribution is 1.11. The largest absolute Gasteiger partial charge is 0.322 e. The monoisotopic (exact) mass is 985 g/mol. The quantitative estimate of drug-likeness (QED) is 0.133. The zero-order chi connectivity index (χ0) is 47.2. The molecular formula is C60H55N5Si5. The molecule has 10 heteroatoms. The van der Waals surface area contributed by atoms with Crippen LogP contribution in [0, 0.1) is 0 Å². The van der Waals surface area contributed by atoms with Crippen LogP contribution in [0.15, 0.2) is 303 Å². The minimum Gasteiger partial charge on any atom is -0.322 e. The lowest BCUT2D eigenvalue weighted by Crippen LogP contribution is -3.05. The van der Waals surface area contributed by atoms with Crippen LogP contribution >= 0.6 is 0 Å². The average Bonchev–Trinajstić information content (AvgIpc) is 3.46. The van der Waals surface area contributed by atoms with Crippen LogP contribution in [0.1, 0.15) is 0 Å². The molecule has 340 valence electrons. The summed E-state index contributed by atoms with van der Waals surface area (Å²) in [7, 11) is -17.9. The Hall–Kier alpha value is -6.92. The number of benzene rings is 10. The molecule has 1 aliphatic heterocycles. The smallest absolute Gasteiger partial charge is 0.257 e. The Morgan fingerprint density at radius 2 is 0.214 bits per heavy atom. The van der Waals surface area contributed by atoms with Gasteiger partial charge in [-0.2, -0.15) is 0 Å². The SMILES string of the molecule is c1ccc([Si]2(c3ccccc3)N[Si](c3ccccc3)(c3ccccc3)N[Si](c3ccccc3)(c3ccccc3)N[Si](c3ccccc3)(c3ccccc3)N[Si](c3ccccc3)(c3ccccc3)N2)cc1. The molecule has 10 aromatic rings. The van der Waals surface area contributed by atoms with E-state index in [1.54, 1.807) is 0 Å². The number of nitrogens with one attached hydrogen (secondary N) is 5. The highest BCUT2D eigenvalue weighted by molar-refractivity contribution is 7.26. The van der Waals surface area contributed by atoms with E-state index in [4.69, 9.17) is 23.2 Å². The van der Waals surface area contributed by atoms with Gasteiger partial charge in [-0.25, -0.2) is 0 Å². The van der Waals surface area contributed by atoms with Crippen molar-refractivity contribution in [3.8, 4) is 0 Å². The summed E-state index contributed by atoms with van der Waals surface area (Å²) >= 11 is 0. The molecular weight excluding hydrogens is 931 g/mol. The standard InChI is InChI=1S/C60H55N5Si5/c1-11-31-51(32-12-1)66(52-33-13-2-14-34-52)61-67(53-35-15-3-16-36-53,54-37-17-4-18-38-54)63-69(57-43-23-7-24-44-57,58-45-25-8-26-46-58)65-70(59-47-27-9-28-48-59,60-49-29-10-30-50-60)64-68(62-66,55-39-19-5-20-40-55)56-41-21-6-22-42-56/h1-50,61-65H. The maximum atomic E-state index is 4.97. The molecule has 70 heavy (non-hydrogen) atoms. The molecule has 1 aliphatic rings. The molecule has 11 rings (SSSR count). The van der Waals surface area contributed by atoms with Crippen molar-refractivity contribution in [2.24, 2.45) is 0 Å². The second-order valence-electron chi connectivity index (χ2n) is 18.0. The Balaban J connectivity index is 1.42. The van der Waals surface area contributed by atoms with Crippen molar-refractivity contribution in [2.45, 2.75) is 0 Å². The van der Waals surface area contributed by atoms with Crippen LogP contribution in [0.25, 0.3) is 0 Å². The Bertz CT molecular complexity index is 2490. The summed E-state index contributed by atoms with van der Waals surface area (Å²) in [4.78, 5) is 0. The molecule has 0 bridgehead atoms. The Kier molecular flexibility index (Phi) is 12.9. The minimum absolute atomic E-state index is 1.24. The lowest BCUT2D eigenvalue weighted by atomic mass is 10.4. The summed E-state index contributed by atoms with van der Waals surface area (Å²) in [6, 6.07) is 113. The van der Waals surface area contributed by atoms with E-state index >= 15 is 0 Å². The topological polar surface area (TPSA) is 60.1 Å². The highest BCUT2D eigenvalue weighted by Crippen LogP contribution is 2.19. The van der Waals surface area contributed by atoms with Crippen molar-refractivity contribution in [3.63, 3.8) is 0 Å². The second-order valence-corrected chi connectivity index (χ2v) is 36.3. The van der Waals surface area contributed by atoms with E-state index in [1.807, 2.05) is 0 Å². The second kappa shape index (κ2) is 19.8. The fraction of sp³-hybridized carbons (Fsp3) is 0. The van der Waals surface area contributed by atoms with E-state index in [2.05, 4.69) is 303 Å². The Labute approximate surface area is 417 Å². The number of rotatable bonds is 10. The van der Waals surface area contributed by atoms with Gasteiger partial charge in [0.15, 0.2) is 0 Å². The molecule has 0 spiro atoms. The summed E-state index contributed by atoms with van der Waals surface area (Å²) in [6.45, 7) is 0. The first kappa shape index (κ1) is 45.5. The van der Waals surface area contributed by atoms with Gasteiger partial charge in [0.2, 0.25) is 0 Å². The van der Waals surface area contributed by atoms with Crippen molar-refractivity contribution in [2.75, 3.05) is 0 Å². The molecule has 0 amide bonds. The van der Waals surface area contributed by atoms with Gasteiger partial charge in [-0.05, 0) is 51.9 Å². The fourth-order valence-electron chi connectivity index (χ4n) is 10.7. The van der Waals surface area contributed by atoms with E-state index in [0.717, 1.165) is 0 Å². The van der Waals surface area contributed by atoms with Crippen molar-refractivity contribution in [1.82, 2.24) is 23.2 Å². The van der Waals surface area contributed by atoms with Crippen LogP contribution in [0.4, 0.5) is 0 Å². The molecule has 5 nitrogen and oxygen atoms in total. The van der Waals surface area contributed by atoms with Crippen LogP contribution < -0.4 is 75.1 Å². The van der Waals surface area contributed by atoms with Gasteiger partial charge in [-0.1, -0.05) is 303 Å². The molecule has 10 aromatic carbocycles. The number of hydrogen-bond acceptors (Lipinski definition) is 5. The van der Waals surface area contributed by atoms with E-state index < -0.39 is 42.0 Å². The molecule has 0 radical (unpaired) electrons. The van der Waals surface area contributed by atoms with E-state index in [9.17, 15) is 0 Å². The minimum atomic E-state index is -3.59. The molecule has 0 atom stereocenters. The summed E-state index contributed by atoms with van der Waals surface area (Å²) in [5.74, 6) is 0. The number of hydrogen-bond donors (Lipinski definition) is 5.